The summed E-state index contributed by atoms with van der Waals surface area (Å²) in [5.41, 5.74) is -0.151. The van der Waals surface area contributed by atoms with Crippen LogP contribution in [0.3, 0.4) is 0 Å². The lowest BCUT2D eigenvalue weighted by Gasteiger charge is -2.37. The Morgan fingerprint density at radius 3 is 2.80 bits per heavy atom. The van der Waals surface area contributed by atoms with Gasteiger partial charge in [-0.15, -0.1) is 0 Å². The largest absolute Gasteiger partial charge is 0.375 e. The van der Waals surface area contributed by atoms with Gasteiger partial charge in [-0.2, -0.15) is 11.8 Å². The van der Waals surface area contributed by atoms with E-state index >= 15 is 0 Å². The van der Waals surface area contributed by atoms with Crippen LogP contribution in [0.5, 0.6) is 0 Å². The van der Waals surface area contributed by atoms with Gasteiger partial charge >= 0.3 is 0 Å². The van der Waals surface area contributed by atoms with Crippen molar-refractivity contribution in [3.63, 3.8) is 0 Å². The fraction of sp³-hybridized carbons (Fsp3) is 0.833. The number of isocyanates is 1. The molecule has 1 heterocycles. The number of hydrogen-bond donors (Lipinski definition) is 0. The predicted molar refractivity (Wildman–Crippen MR) is 40.1 cm³/mol. The molecule has 0 bridgehead atoms. The standard InChI is InChI=1S/C6H9NO2S/c1-9-6(2-7-5-8)3-10-4-6/h2-4H2,1H3. The number of carbonyl (C=O) groups excluding carboxylic acids is 1. The Kier molecular flexibility index (Phi) is 2.49. The molecule has 1 saturated heterocycles. The van der Waals surface area contributed by atoms with Crippen LogP contribution in [0, 0.1) is 0 Å². The van der Waals surface area contributed by atoms with Crippen LogP contribution in [0.4, 0.5) is 0 Å². The van der Waals surface area contributed by atoms with Crippen molar-refractivity contribution in [3.8, 4) is 0 Å². The molecular weight excluding hydrogens is 150 g/mol. The van der Waals surface area contributed by atoms with Gasteiger partial charge in [0.1, 0.15) is 5.60 Å². The van der Waals surface area contributed by atoms with Crippen molar-refractivity contribution in [1.82, 2.24) is 0 Å². The van der Waals surface area contributed by atoms with Gasteiger partial charge in [0.25, 0.3) is 0 Å². The average molecular weight is 159 g/mol. The zero-order valence-corrected chi connectivity index (χ0v) is 6.61. The van der Waals surface area contributed by atoms with Gasteiger partial charge in [0.2, 0.25) is 6.08 Å². The molecule has 1 aliphatic heterocycles. The third-order valence-corrected chi connectivity index (χ3v) is 3.06. The first kappa shape index (κ1) is 7.79. The first-order chi connectivity index (χ1) is 4.83. The van der Waals surface area contributed by atoms with Crippen molar-refractivity contribution in [2.75, 3.05) is 25.2 Å². The van der Waals surface area contributed by atoms with E-state index in [0.29, 0.717) is 6.54 Å². The zero-order valence-electron chi connectivity index (χ0n) is 5.79. The molecule has 1 rings (SSSR count). The number of rotatable bonds is 3. The minimum absolute atomic E-state index is 0.151. The Labute approximate surface area is 63.9 Å². The molecule has 0 radical (unpaired) electrons. The molecule has 4 heteroatoms. The van der Waals surface area contributed by atoms with Crippen LogP contribution in [-0.2, 0) is 9.53 Å². The number of ether oxygens (including phenoxy) is 1. The highest BCUT2D eigenvalue weighted by atomic mass is 32.2. The van der Waals surface area contributed by atoms with Crippen LogP contribution in [0.1, 0.15) is 0 Å². The Balaban J connectivity index is 2.40. The van der Waals surface area contributed by atoms with E-state index in [1.807, 2.05) is 0 Å². The van der Waals surface area contributed by atoms with Crippen molar-refractivity contribution in [3.05, 3.63) is 0 Å². The summed E-state index contributed by atoms with van der Waals surface area (Å²) in [7, 11) is 1.65. The van der Waals surface area contributed by atoms with Gasteiger partial charge in [0, 0.05) is 18.6 Å². The van der Waals surface area contributed by atoms with Crippen LogP contribution in [0.15, 0.2) is 4.99 Å². The molecule has 0 N–H and O–H groups in total. The topological polar surface area (TPSA) is 38.7 Å². The van der Waals surface area contributed by atoms with Crippen molar-refractivity contribution in [2.24, 2.45) is 4.99 Å². The summed E-state index contributed by atoms with van der Waals surface area (Å²) in [4.78, 5) is 13.2. The summed E-state index contributed by atoms with van der Waals surface area (Å²) in [5.74, 6) is 1.88. The van der Waals surface area contributed by atoms with Gasteiger partial charge in [-0.05, 0) is 0 Å². The average Bonchev–Trinajstić information content (AvgIpc) is 1.87. The quantitative estimate of drug-likeness (QED) is 0.443. The number of nitrogens with zero attached hydrogens (tertiary/aromatic N) is 1. The van der Waals surface area contributed by atoms with Gasteiger partial charge in [-0.25, -0.2) is 9.79 Å². The Morgan fingerprint density at radius 2 is 2.50 bits per heavy atom. The SMILES string of the molecule is COC1(CN=C=O)CSC1. The van der Waals surface area contributed by atoms with Crippen LogP contribution < -0.4 is 0 Å². The third kappa shape index (κ3) is 1.40. The second kappa shape index (κ2) is 3.19. The predicted octanol–water partition coefficient (Wildman–Crippen LogP) is 0.454. The van der Waals surface area contributed by atoms with Crippen LogP contribution in [0.2, 0.25) is 0 Å². The van der Waals surface area contributed by atoms with E-state index in [9.17, 15) is 4.79 Å². The first-order valence-corrected chi connectivity index (χ1v) is 4.15. The van der Waals surface area contributed by atoms with Crippen LogP contribution in [0.25, 0.3) is 0 Å². The maximum absolute atomic E-state index is 9.75. The molecule has 0 amide bonds. The zero-order chi connectivity index (χ0) is 7.45. The highest BCUT2D eigenvalue weighted by Gasteiger charge is 2.37. The van der Waals surface area contributed by atoms with Crippen LogP contribution in [-0.4, -0.2) is 36.8 Å². The summed E-state index contributed by atoms with van der Waals surface area (Å²) in [6, 6.07) is 0. The molecule has 1 fully saturated rings. The molecule has 0 atom stereocenters. The molecule has 0 unspecified atom stereocenters. The number of aliphatic imine (C=N–C) groups is 1. The molecular formula is C6H9NO2S. The smallest absolute Gasteiger partial charge is 0.235 e. The van der Waals surface area contributed by atoms with Crippen molar-refractivity contribution < 1.29 is 9.53 Å². The van der Waals surface area contributed by atoms with Gasteiger partial charge in [0.05, 0.1) is 6.54 Å². The van der Waals surface area contributed by atoms with Crippen molar-refractivity contribution >= 4 is 17.8 Å². The fourth-order valence-corrected chi connectivity index (χ4v) is 1.86. The second-order valence-electron chi connectivity index (χ2n) is 2.29. The molecule has 0 spiro atoms. The molecule has 1 aliphatic rings. The van der Waals surface area contributed by atoms with Gasteiger partial charge < -0.3 is 4.74 Å². The maximum atomic E-state index is 9.75. The van der Waals surface area contributed by atoms with E-state index in [2.05, 4.69) is 4.99 Å². The first-order valence-electron chi connectivity index (χ1n) is 2.99. The van der Waals surface area contributed by atoms with E-state index in [4.69, 9.17) is 4.74 Å². The lowest BCUT2D eigenvalue weighted by molar-refractivity contribution is 0.0300. The molecule has 0 saturated carbocycles. The second-order valence-corrected chi connectivity index (χ2v) is 3.27. The molecule has 10 heavy (non-hydrogen) atoms. The molecule has 3 nitrogen and oxygen atoms in total. The molecule has 56 valence electrons. The van der Waals surface area contributed by atoms with Crippen molar-refractivity contribution in [2.45, 2.75) is 5.60 Å². The summed E-state index contributed by atoms with van der Waals surface area (Å²) in [6.07, 6.45) is 1.51. The van der Waals surface area contributed by atoms with Gasteiger partial charge in [-0.1, -0.05) is 0 Å². The summed E-state index contributed by atoms with van der Waals surface area (Å²) < 4.78 is 5.18. The molecule has 0 aromatic heterocycles. The van der Waals surface area contributed by atoms with E-state index in [1.54, 1.807) is 18.9 Å². The van der Waals surface area contributed by atoms with E-state index in [1.165, 1.54) is 6.08 Å². The lowest BCUT2D eigenvalue weighted by Crippen LogP contribution is -2.47. The fourth-order valence-electron chi connectivity index (χ4n) is 0.780. The minimum atomic E-state index is -0.151. The number of hydrogen-bond acceptors (Lipinski definition) is 4. The third-order valence-electron chi connectivity index (χ3n) is 1.59. The Bertz CT molecular complexity index is 156. The van der Waals surface area contributed by atoms with E-state index in [-0.39, 0.29) is 5.60 Å². The van der Waals surface area contributed by atoms with Gasteiger partial charge in [-0.3, -0.25) is 0 Å². The maximum Gasteiger partial charge on any atom is 0.235 e. The Morgan fingerprint density at radius 1 is 1.80 bits per heavy atom. The molecule has 0 aliphatic carbocycles. The van der Waals surface area contributed by atoms with Crippen molar-refractivity contribution in [1.29, 1.82) is 0 Å². The summed E-state index contributed by atoms with van der Waals surface area (Å²) in [6.45, 7) is 0.458. The number of methoxy groups -OCH3 is 1. The molecule has 0 aromatic rings. The highest BCUT2D eigenvalue weighted by Crippen LogP contribution is 2.32. The van der Waals surface area contributed by atoms with E-state index < -0.39 is 0 Å². The summed E-state index contributed by atoms with van der Waals surface area (Å²) in [5, 5.41) is 0. The van der Waals surface area contributed by atoms with E-state index in [0.717, 1.165) is 11.5 Å². The normalized spacial score (nSPS) is 20.9. The molecule has 0 aromatic carbocycles. The number of thioether (sulfide) groups is 1. The minimum Gasteiger partial charge on any atom is -0.375 e. The van der Waals surface area contributed by atoms with Crippen LogP contribution >= 0.6 is 11.8 Å². The monoisotopic (exact) mass is 159 g/mol. The lowest BCUT2D eigenvalue weighted by atomic mass is 10.1. The Hall–Kier alpha value is -0.310. The van der Waals surface area contributed by atoms with Gasteiger partial charge in [0.15, 0.2) is 0 Å². The summed E-state index contributed by atoms with van der Waals surface area (Å²) >= 11 is 1.80. The highest BCUT2D eigenvalue weighted by molar-refractivity contribution is 8.00.